The number of benzene rings is 2. The third-order valence-electron chi connectivity index (χ3n) is 5.10. The van der Waals surface area contributed by atoms with Crippen LogP contribution >= 0.6 is 11.6 Å². The quantitative estimate of drug-likeness (QED) is 0.578. The number of ether oxygens (including phenoxy) is 1. The van der Waals surface area contributed by atoms with Crippen molar-refractivity contribution in [1.29, 1.82) is 0 Å². The molecule has 0 bridgehead atoms. The number of hydrogen-bond donors (Lipinski definition) is 0. The highest BCUT2D eigenvalue weighted by atomic mass is 35.5. The molecule has 10 heteroatoms. The molecule has 0 atom stereocenters. The Morgan fingerprint density at radius 2 is 1.71 bits per heavy atom. The van der Waals surface area contributed by atoms with Gasteiger partial charge in [0, 0.05) is 42.8 Å². The van der Waals surface area contributed by atoms with E-state index in [2.05, 4.69) is 9.97 Å². The van der Waals surface area contributed by atoms with E-state index in [1.165, 1.54) is 35.9 Å². The molecule has 3 aromatic rings. The maximum absolute atomic E-state index is 13.2. The summed E-state index contributed by atoms with van der Waals surface area (Å²) in [6.45, 7) is 1.49. The fourth-order valence-electron chi connectivity index (χ4n) is 3.45. The fraction of sp³-hybridized carbons (Fsp3) is 0.238. The van der Waals surface area contributed by atoms with Gasteiger partial charge in [-0.25, -0.2) is 22.8 Å². The lowest BCUT2D eigenvalue weighted by Gasteiger charge is -2.34. The minimum atomic E-state index is -3.76. The lowest BCUT2D eigenvalue weighted by atomic mass is 10.1. The predicted molar refractivity (Wildman–Crippen MR) is 116 cm³/mol. The van der Waals surface area contributed by atoms with Crippen molar-refractivity contribution in [3.63, 3.8) is 0 Å². The first-order valence-electron chi connectivity index (χ1n) is 9.55. The molecule has 31 heavy (non-hydrogen) atoms. The van der Waals surface area contributed by atoms with E-state index in [-0.39, 0.29) is 29.6 Å². The number of aromatic nitrogens is 2. The van der Waals surface area contributed by atoms with Gasteiger partial charge in [0.15, 0.2) is 0 Å². The highest BCUT2D eigenvalue weighted by Gasteiger charge is 2.31. The first-order chi connectivity index (χ1) is 14.9. The largest absolute Gasteiger partial charge is 0.495 e. The fourth-order valence-corrected chi connectivity index (χ4v) is 5.29. The molecule has 0 saturated carbocycles. The van der Waals surface area contributed by atoms with Crippen molar-refractivity contribution in [2.24, 2.45) is 0 Å². The van der Waals surface area contributed by atoms with Crippen molar-refractivity contribution in [2.75, 3.05) is 38.2 Å². The van der Waals surface area contributed by atoms with Crippen LogP contribution in [-0.2, 0) is 10.0 Å². The number of sulfonamides is 1. The highest BCUT2D eigenvalue weighted by Crippen LogP contribution is 2.30. The van der Waals surface area contributed by atoms with Gasteiger partial charge in [0.25, 0.3) is 0 Å². The Kier molecular flexibility index (Phi) is 6.08. The van der Waals surface area contributed by atoms with E-state index in [4.69, 9.17) is 16.3 Å². The van der Waals surface area contributed by atoms with E-state index in [0.29, 0.717) is 29.6 Å². The van der Waals surface area contributed by atoms with Crippen LogP contribution in [0.3, 0.4) is 0 Å². The molecule has 1 saturated heterocycles. The van der Waals surface area contributed by atoms with Crippen molar-refractivity contribution in [1.82, 2.24) is 14.3 Å². The van der Waals surface area contributed by atoms with Gasteiger partial charge in [0.05, 0.1) is 12.8 Å². The van der Waals surface area contributed by atoms with E-state index < -0.39 is 10.0 Å². The van der Waals surface area contributed by atoms with Crippen molar-refractivity contribution in [3.05, 3.63) is 65.7 Å². The molecule has 162 valence electrons. The summed E-state index contributed by atoms with van der Waals surface area (Å²) in [7, 11) is -2.33. The van der Waals surface area contributed by atoms with E-state index in [0.717, 1.165) is 5.56 Å². The van der Waals surface area contributed by atoms with Gasteiger partial charge < -0.3 is 9.64 Å². The zero-order valence-electron chi connectivity index (χ0n) is 16.7. The summed E-state index contributed by atoms with van der Waals surface area (Å²) < 4.78 is 46.1. The van der Waals surface area contributed by atoms with Gasteiger partial charge in [-0.3, -0.25) is 0 Å². The second-order valence-corrected chi connectivity index (χ2v) is 9.30. The van der Waals surface area contributed by atoms with Crippen molar-refractivity contribution in [2.45, 2.75) is 4.90 Å². The van der Waals surface area contributed by atoms with Gasteiger partial charge in [-0.2, -0.15) is 4.31 Å². The summed E-state index contributed by atoms with van der Waals surface area (Å²) in [5, 5.41) is 0.326. The normalized spacial score (nSPS) is 15.1. The molecule has 7 nitrogen and oxygen atoms in total. The maximum Gasteiger partial charge on any atom is 0.246 e. The van der Waals surface area contributed by atoms with Gasteiger partial charge >= 0.3 is 0 Å². The van der Waals surface area contributed by atoms with E-state index >= 15 is 0 Å². The summed E-state index contributed by atoms with van der Waals surface area (Å²) in [6, 6.07) is 12.4. The first kappa shape index (κ1) is 21.5. The average Bonchev–Trinajstić information content (AvgIpc) is 2.80. The van der Waals surface area contributed by atoms with Crippen molar-refractivity contribution in [3.8, 4) is 17.0 Å². The topological polar surface area (TPSA) is 75.6 Å². The standard InChI is InChI=1S/C21H20ClFN4O3S/c1-30-19-7-4-16(22)12-20(19)31(28,29)27-10-8-26(9-11-27)21-13-18(24-14-25-21)15-2-5-17(23)6-3-15/h2-7,12-14H,8-11H2,1H3. The third-order valence-corrected chi connectivity index (χ3v) is 7.25. The van der Waals surface area contributed by atoms with Gasteiger partial charge in [0.2, 0.25) is 10.0 Å². The van der Waals surface area contributed by atoms with Gasteiger partial charge in [-0.15, -0.1) is 0 Å². The maximum atomic E-state index is 13.2. The molecule has 1 fully saturated rings. The molecule has 0 radical (unpaired) electrons. The van der Waals surface area contributed by atoms with E-state index in [1.807, 2.05) is 11.0 Å². The Morgan fingerprint density at radius 1 is 1.00 bits per heavy atom. The van der Waals surface area contributed by atoms with Gasteiger partial charge in [-0.05, 0) is 42.5 Å². The van der Waals surface area contributed by atoms with Crippen LogP contribution in [0.15, 0.2) is 59.8 Å². The zero-order valence-corrected chi connectivity index (χ0v) is 18.3. The van der Waals surface area contributed by atoms with Crippen LogP contribution in [0, 0.1) is 5.82 Å². The predicted octanol–water partition coefficient (Wildman–Crippen LogP) is 3.46. The lowest BCUT2D eigenvalue weighted by molar-refractivity contribution is 0.373. The number of piperazine rings is 1. The molecule has 0 amide bonds. The summed E-state index contributed by atoms with van der Waals surface area (Å²) in [5.74, 6) is 0.630. The molecule has 2 aromatic carbocycles. The molecule has 4 rings (SSSR count). The van der Waals surface area contributed by atoms with Crippen LogP contribution in [0.1, 0.15) is 0 Å². The number of rotatable bonds is 5. The van der Waals surface area contributed by atoms with Gasteiger partial charge in [0.1, 0.15) is 28.6 Å². The van der Waals surface area contributed by atoms with Crippen molar-refractivity contribution < 1.29 is 17.5 Å². The number of halogens is 2. The SMILES string of the molecule is COc1ccc(Cl)cc1S(=O)(=O)N1CCN(c2cc(-c3ccc(F)cc3)ncn2)CC1. The molecule has 0 spiro atoms. The molecule has 1 aliphatic heterocycles. The van der Waals surface area contributed by atoms with E-state index in [9.17, 15) is 12.8 Å². The van der Waals surface area contributed by atoms with Crippen molar-refractivity contribution >= 4 is 27.4 Å². The van der Waals surface area contributed by atoms with Crippen LogP contribution in [0.25, 0.3) is 11.3 Å². The Labute approximate surface area is 185 Å². The van der Waals surface area contributed by atoms with Crippen LogP contribution in [0.4, 0.5) is 10.2 Å². The summed E-state index contributed by atoms with van der Waals surface area (Å²) >= 11 is 6.01. The number of anilines is 1. The second-order valence-electron chi connectivity index (χ2n) is 6.95. The highest BCUT2D eigenvalue weighted by molar-refractivity contribution is 7.89. The Hall–Kier alpha value is -2.75. The monoisotopic (exact) mass is 462 g/mol. The van der Waals surface area contributed by atoms with Crippen LogP contribution in [0.2, 0.25) is 5.02 Å². The van der Waals surface area contributed by atoms with Crippen LogP contribution in [0.5, 0.6) is 5.75 Å². The number of methoxy groups -OCH3 is 1. The minimum absolute atomic E-state index is 0.0524. The summed E-state index contributed by atoms with van der Waals surface area (Å²) in [6.07, 6.45) is 1.45. The molecular formula is C21H20ClFN4O3S. The Morgan fingerprint density at radius 3 is 2.39 bits per heavy atom. The summed E-state index contributed by atoms with van der Waals surface area (Å²) in [5.41, 5.74) is 1.45. The molecule has 0 unspecified atom stereocenters. The average molecular weight is 463 g/mol. The van der Waals surface area contributed by atoms with Crippen LogP contribution in [-0.4, -0.2) is 56.0 Å². The van der Waals surface area contributed by atoms with Crippen LogP contribution < -0.4 is 9.64 Å². The van der Waals surface area contributed by atoms with E-state index in [1.54, 1.807) is 24.3 Å². The Bertz CT molecular complexity index is 1180. The first-order valence-corrected chi connectivity index (χ1v) is 11.4. The lowest BCUT2D eigenvalue weighted by Crippen LogP contribution is -2.49. The summed E-state index contributed by atoms with van der Waals surface area (Å²) in [4.78, 5) is 10.6. The third kappa shape index (κ3) is 4.48. The minimum Gasteiger partial charge on any atom is -0.495 e. The van der Waals surface area contributed by atoms with Gasteiger partial charge in [-0.1, -0.05) is 11.6 Å². The number of nitrogens with zero attached hydrogens (tertiary/aromatic N) is 4. The molecule has 2 heterocycles. The molecule has 0 aliphatic carbocycles. The Balaban J connectivity index is 1.51. The molecule has 1 aliphatic rings. The second kappa shape index (κ2) is 8.78. The molecular weight excluding hydrogens is 443 g/mol. The molecule has 0 N–H and O–H groups in total. The smallest absolute Gasteiger partial charge is 0.246 e. The zero-order chi connectivity index (χ0) is 22.0. The number of hydrogen-bond acceptors (Lipinski definition) is 6. The molecule has 1 aromatic heterocycles.